The molecule has 2 heterocycles. The summed E-state index contributed by atoms with van der Waals surface area (Å²) >= 11 is 6.13. The van der Waals surface area contributed by atoms with Gasteiger partial charge in [0.15, 0.2) is 0 Å². The summed E-state index contributed by atoms with van der Waals surface area (Å²) in [4.78, 5) is 14.8. The molecule has 0 amide bonds. The molecule has 0 unspecified atom stereocenters. The highest BCUT2D eigenvalue weighted by Gasteiger charge is 2.30. The quantitative estimate of drug-likeness (QED) is 0.794. The van der Waals surface area contributed by atoms with Crippen LogP contribution in [0.2, 0.25) is 5.02 Å². The van der Waals surface area contributed by atoms with E-state index < -0.39 is 5.82 Å². The molecule has 0 bridgehead atoms. The standard InChI is InChI=1S/C18H24ClFN4O2/c1-18(2)12-26-10-9-23(18)7-8-24-16(21-22(3)17(24)25)11-13-14(19)5-4-6-15(13)20/h4-6H,7-12H2,1-3H3. The van der Waals surface area contributed by atoms with E-state index in [0.29, 0.717) is 42.7 Å². The summed E-state index contributed by atoms with van der Waals surface area (Å²) in [6.45, 7) is 7.58. The van der Waals surface area contributed by atoms with Crippen molar-refractivity contribution in [3.05, 3.63) is 50.9 Å². The van der Waals surface area contributed by atoms with E-state index in [9.17, 15) is 9.18 Å². The van der Waals surface area contributed by atoms with E-state index in [-0.39, 0.29) is 17.6 Å². The summed E-state index contributed by atoms with van der Waals surface area (Å²) in [6, 6.07) is 4.57. The van der Waals surface area contributed by atoms with Crippen molar-refractivity contribution in [2.75, 3.05) is 26.3 Å². The van der Waals surface area contributed by atoms with Crippen LogP contribution in [-0.4, -0.2) is 51.1 Å². The maximum Gasteiger partial charge on any atom is 0.345 e. The molecule has 0 aliphatic carbocycles. The predicted molar refractivity (Wildman–Crippen MR) is 98.2 cm³/mol. The zero-order chi connectivity index (χ0) is 18.9. The number of halogens is 2. The Labute approximate surface area is 157 Å². The highest BCUT2D eigenvalue weighted by atomic mass is 35.5. The average molecular weight is 383 g/mol. The maximum absolute atomic E-state index is 14.1. The predicted octanol–water partition coefficient (Wildman–Crippen LogP) is 2.08. The first-order valence-electron chi connectivity index (χ1n) is 8.68. The summed E-state index contributed by atoms with van der Waals surface area (Å²) < 4.78 is 22.6. The van der Waals surface area contributed by atoms with E-state index >= 15 is 0 Å². The Morgan fingerprint density at radius 2 is 2.12 bits per heavy atom. The van der Waals surface area contributed by atoms with Gasteiger partial charge in [0, 0.05) is 49.2 Å². The number of ether oxygens (including phenoxy) is 1. The van der Waals surface area contributed by atoms with Crippen molar-refractivity contribution in [1.82, 2.24) is 19.2 Å². The zero-order valence-corrected chi connectivity index (χ0v) is 16.1. The summed E-state index contributed by atoms with van der Waals surface area (Å²) in [5.74, 6) is 0.118. The second kappa shape index (κ2) is 7.50. The highest BCUT2D eigenvalue weighted by molar-refractivity contribution is 6.31. The fourth-order valence-electron chi connectivity index (χ4n) is 3.30. The summed E-state index contributed by atoms with van der Waals surface area (Å²) in [6.07, 6.45) is 0.175. The third-order valence-electron chi connectivity index (χ3n) is 4.89. The van der Waals surface area contributed by atoms with Crippen LogP contribution in [0, 0.1) is 5.82 Å². The molecule has 0 radical (unpaired) electrons. The molecule has 8 heteroatoms. The van der Waals surface area contributed by atoms with Gasteiger partial charge in [0.25, 0.3) is 0 Å². The minimum absolute atomic E-state index is 0.0842. The number of nitrogens with zero attached hydrogens (tertiary/aromatic N) is 4. The van der Waals surface area contributed by atoms with Crippen molar-refractivity contribution < 1.29 is 9.13 Å². The van der Waals surface area contributed by atoms with Gasteiger partial charge in [-0.3, -0.25) is 9.47 Å². The second-order valence-corrected chi connectivity index (χ2v) is 7.61. The van der Waals surface area contributed by atoms with Crippen LogP contribution in [0.25, 0.3) is 0 Å². The van der Waals surface area contributed by atoms with Gasteiger partial charge < -0.3 is 4.74 Å². The van der Waals surface area contributed by atoms with Gasteiger partial charge in [-0.05, 0) is 26.0 Å². The molecule has 1 fully saturated rings. The molecule has 2 aromatic rings. The molecule has 3 rings (SSSR count). The van der Waals surface area contributed by atoms with Crippen LogP contribution in [0.15, 0.2) is 23.0 Å². The fourth-order valence-corrected chi connectivity index (χ4v) is 3.53. The van der Waals surface area contributed by atoms with E-state index in [1.54, 1.807) is 23.7 Å². The van der Waals surface area contributed by atoms with Crippen molar-refractivity contribution in [2.24, 2.45) is 7.05 Å². The largest absolute Gasteiger partial charge is 0.378 e. The summed E-state index contributed by atoms with van der Waals surface area (Å²) in [7, 11) is 1.60. The van der Waals surface area contributed by atoms with Crippen molar-refractivity contribution in [1.29, 1.82) is 0 Å². The Morgan fingerprint density at radius 3 is 2.81 bits per heavy atom. The smallest absolute Gasteiger partial charge is 0.345 e. The highest BCUT2D eigenvalue weighted by Crippen LogP contribution is 2.22. The van der Waals surface area contributed by atoms with Crippen molar-refractivity contribution in [3.63, 3.8) is 0 Å². The number of hydrogen-bond donors (Lipinski definition) is 0. The Hall–Kier alpha value is -1.70. The van der Waals surface area contributed by atoms with Crippen molar-refractivity contribution in [3.8, 4) is 0 Å². The molecular formula is C18H24ClFN4O2. The number of benzene rings is 1. The van der Waals surface area contributed by atoms with Gasteiger partial charge in [-0.1, -0.05) is 17.7 Å². The topological polar surface area (TPSA) is 52.3 Å². The van der Waals surface area contributed by atoms with Crippen LogP contribution in [0.4, 0.5) is 4.39 Å². The molecule has 6 nitrogen and oxygen atoms in total. The Bertz CT molecular complexity index is 826. The summed E-state index contributed by atoms with van der Waals surface area (Å²) in [5, 5.41) is 4.62. The Kier molecular flexibility index (Phi) is 5.50. The Morgan fingerprint density at radius 1 is 1.35 bits per heavy atom. The monoisotopic (exact) mass is 382 g/mol. The molecule has 0 saturated carbocycles. The number of aryl methyl sites for hydroxylation is 1. The third-order valence-corrected chi connectivity index (χ3v) is 5.25. The molecule has 26 heavy (non-hydrogen) atoms. The molecule has 0 atom stereocenters. The molecule has 0 spiro atoms. The van der Waals surface area contributed by atoms with Crippen molar-refractivity contribution in [2.45, 2.75) is 32.4 Å². The first-order chi connectivity index (χ1) is 12.3. The molecule has 142 valence electrons. The van der Waals surface area contributed by atoms with Gasteiger partial charge in [0.05, 0.1) is 13.2 Å². The number of hydrogen-bond acceptors (Lipinski definition) is 4. The Balaban J connectivity index is 1.83. The van der Waals surface area contributed by atoms with Crippen molar-refractivity contribution >= 4 is 11.6 Å². The number of morpholine rings is 1. The average Bonchev–Trinajstić information content (AvgIpc) is 2.84. The lowest BCUT2D eigenvalue weighted by atomic mass is 10.0. The normalized spacial score (nSPS) is 17.6. The third kappa shape index (κ3) is 3.84. The first-order valence-corrected chi connectivity index (χ1v) is 9.06. The minimum atomic E-state index is -0.392. The van der Waals surface area contributed by atoms with Gasteiger partial charge in [-0.2, -0.15) is 5.10 Å². The minimum Gasteiger partial charge on any atom is -0.378 e. The second-order valence-electron chi connectivity index (χ2n) is 7.20. The lowest BCUT2D eigenvalue weighted by Crippen LogP contribution is -2.54. The van der Waals surface area contributed by atoms with Gasteiger partial charge in [-0.15, -0.1) is 0 Å². The molecule has 1 aromatic carbocycles. The number of rotatable bonds is 5. The van der Waals surface area contributed by atoms with Gasteiger partial charge in [0.2, 0.25) is 0 Å². The van der Waals surface area contributed by atoms with Gasteiger partial charge in [-0.25, -0.2) is 13.9 Å². The van der Waals surface area contributed by atoms with Crippen LogP contribution < -0.4 is 5.69 Å². The number of aromatic nitrogens is 3. The van der Waals surface area contributed by atoms with Crippen LogP contribution in [0.5, 0.6) is 0 Å². The fraction of sp³-hybridized carbons (Fsp3) is 0.556. The first kappa shape index (κ1) is 19.1. The SMILES string of the molecule is Cn1nc(Cc2c(F)cccc2Cl)n(CCN2CCOCC2(C)C)c1=O. The molecule has 1 aliphatic rings. The van der Waals surface area contributed by atoms with E-state index in [1.165, 1.54) is 10.7 Å². The summed E-state index contributed by atoms with van der Waals surface area (Å²) in [5.41, 5.74) is 0.0604. The van der Waals surface area contributed by atoms with Crippen LogP contribution in [0.1, 0.15) is 25.2 Å². The van der Waals surface area contributed by atoms with Crippen LogP contribution >= 0.6 is 11.6 Å². The van der Waals surface area contributed by atoms with Crippen LogP contribution in [-0.2, 0) is 24.8 Å². The molecule has 1 aliphatic heterocycles. The molecule has 1 saturated heterocycles. The molecule has 1 aromatic heterocycles. The molecular weight excluding hydrogens is 359 g/mol. The van der Waals surface area contributed by atoms with Gasteiger partial charge in [0.1, 0.15) is 11.6 Å². The zero-order valence-electron chi connectivity index (χ0n) is 15.3. The van der Waals surface area contributed by atoms with E-state index in [0.717, 1.165) is 6.54 Å². The maximum atomic E-state index is 14.1. The van der Waals surface area contributed by atoms with E-state index in [1.807, 2.05) is 0 Å². The lowest BCUT2D eigenvalue weighted by Gasteiger charge is -2.42. The lowest BCUT2D eigenvalue weighted by molar-refractivity contribution is -0.0521. The van der Waals surface area contributed by atoms with Gasteiger partial charge >= 0.3 is 5.69 Å². The van der Waals surface area contributed by atoms with E-state index in [2.05, 4.69) is 23.8 Å². The molecule has 0 N–H and O–H groups in total. The van der Waals surface area contributed by atoms with Crippen LogP contribution in [0.3, 0.4) is 0 Å². The van der Waals surface area contributed by atoms with E-state index in [4.69, 9.17) is 16.3 Å².